The van der Waals surface area contributed by atoms with E-state index in [1.807, 2.05) is 30.3 Å². The van der Waals surface area contributed by atoms with Gasteiger partial charge in [-0.15, -0.1) is 10.2 Å². The number of hydrogen-bond acceptors (Lipinski definition) is 6. The number of carbonyl (C=O) groups is 2. The fraction of sp³-hybridized carbons (Fsp3) is 0.231. The van der Waals surface area contributed by atoms with Gasteiger partial charge in [-0.1, -0.05) is 41.7 Å². The van der Waals surface area contributed by atoms with Crippen molar-refractivity contribution in [2.24, 2.45) is 0 Å². The molecule has 21 heavy (non-hydrogen) atoms. The summed E-state index contributed by atoms with van der Waals surface area (Å²) in [5.41, 5.74) is 2.46. The van der Waals surface area contributed by atoms with Crippen LogP contribution >= 0.6 is 11.3 Å². The van der Waals surface area contributed by atoms with E-state index in [4.69, 9.17) is 5.21 Å². The van der Waals surface area contributed by atoms with Crippen LogP contribution in [-0.2, 0) is 9.59 Å². The summed E-state index contributed by atoms with van der Waals surface area (Å²) in [6, 6.07) is 9.55. The Balaban J connectivity index is 1.85. The normalized spacial score (nSPS) is 10.1. The van der Waals surface area contributed by atoms with Gasteiger partial charge in [0.25, 0.3) is 0 Å². The molecule has 0 atom stereocenters. The maximum absolute atomic E-state index is 11.7. The number of rotatable bonds is 6. The standard InChI is InChI=1S/C13H14N4O3S/c18-10(7-4-8-11(19)17-20)14-13-16-15-12(21-13)9-5-2-1-3-6-9/h1-3,5-6,20H,4,7-8H2,(H,17,19)(H,14,16,18). The molecule has 7 nitrogen and oxygen atoms in total. The Kier molecular flexibility index (Phi) is 5.35. The van der Waals surface area contributed by atoms with Crippen LogP contribution in [0.1, 0.15) is 19.3 Å². The lowest BCUT2D eigenvalue weighted by Crippen LogP contribution is -2.19. The van der Waals surface area contributed by atoms with Crippen LogP contribution in [0.25, 0.3) is 10.6 Å². The van der Waals surface area contributed by atoms with Crippen LogP contribution in [0.5, 0.6) is 0 Å². The van der Waals surface area contributed by atoms with Crippen LogP contribution < -0.4 is 10.8 Å². The highest BCUT2D eigenvalue weighted by Crippen LogP contribution is 2.25. The van der Waals surface area contributed by atoms with Gasteiger partial charge in [0, 0.05) is 18.4 Å². The van der Waals surface area contributed by atoms with Crippen molar-refractivity contribution >= 4 is 28.3 Å². The number of nitrogens with zero attached hydrogens (tertiary/aromatic N) is 2. The smallest absolute Gasteiger partial charge is 0.243 e. The maximum atomic E-state index is 11.7. The lowest BCUT2D eigenvalue weighted by atomic mass is 10.2. The van der Waals surface area contributed by atoms with E-state index in [2.05, 4.69) is 15.5 Å². The molecule has 0 fully saturated rings. The first-order valence-corrected chi connectivity index (χ1v) is 7.12. The van der Waals surface area contributed by atoms with Gasteiger partial charge in [-0.05, 0) is 6.42 Å². The summed E-state index contributed by atoms with van der Waals surface area (Å²) < 4.78 is 0. The van der Waals surface area contributed by atoms with Crippen molar-refractivity contribution in [2.45, 2.75) is 19.3 Å². The Hall–Kier alpha value is -2.32. The Labute approximate surface area is 125 Å². The molecule has 0 bridgehead atoms. The van der Waals surface area contributed by atoms with E-state index in [0.717, 1.165) is 10.6 Å². The summed E-state index contributed by atoms with van der Waals surface area (Å²) in [6.45, 7) is 0. The quantitative estimate of drug-likeness (QED) is 0.558. The molecule has 110 valence electrons. The fourth-order valence-corrected chi connectivity index (χ4v) is 2.38. The second kappa shape index (κ2) is 7.46. The number of aromatic nitrogens is 2. The first-order chi connectivity index (χ1) is 10.2. The topological polar surface area (TPSA) is 104 Å². The zero-order valence-corrected chi connectivity index (χ0v) is 11.9. The van der Waals surface area contributed by atoms with E-state index in [-0.39, 0.29) is 18.7 Å². The first-order valence-electron chi connectivity index (χ1n) is 6.31. The average Bonchev–Trinajstić information content (AvgIpc) is 2.96. The molecule has 1 aromatic heterocycles. The predicted octanol–water partition coefficient (Wildman–Crippen LogP) is 1.82. The number of amides is 2. The van der Waals surface area contributed by atoms with Crippen molar-refractivity contribution in [1.29, 1.82) is 0 Å². The molecule has 2 amide bonds. The van der Waals surface area contributed by atoms with Crippen molar-refractivity contribution in [3.63, 3.8) is 0 Å². The van der Waals surface area contributed by atoms with Crippen molar-refractivity contribution < 1.29 is 14.8 Å². The summed E-state index contributed by atoms with van der Waals surface area (Å²) in [4.78, 5) is 22.5. The monoisotopic (exact) mass is 306 g/mol. The van der Waals surface area contributed by atoms with Gasteiger partial charge in [0.1, 0.15) is 5.01 Å². The number of benzene rings is 1. The average molecular weight is 306 g/mol. The third-order valence-corrected chi connectivity index (χ3v) is 3.51. The molecule has 0 aliphatic carbocycles. The number of hydrogen-bond donors (Lipinski definition) is 3. The number of carbonyl (C=O) groups excluding carboxylic acids is 2. The van der Waals surface area contributed by atoms with Gasteiger partial charge in [0.2, 0.25) is 16.9 Å². The summed E-state index contributed by atoms with van der Waals surface area (Å²) >= 11 is 1.29. The molecular formula is C13H14N4O3S. The zero-order valence-electron chi connectivity index (χ0n) is 11.1. The Bertz CT molecular complexity index is 615. The molecule has 0 spiro atoms. The predicted molar refractivity (Wildman–Crippen MR) is 77.8 cm³/mol. The molecule has 0 aliphatic heterocycles. The van der Waals surface area contributed by atoms with E-state index in [1.54, 1.807) is 0 Å². The molecule has 2 rings (SSSR count). The number of anilines is 1. The van der Waals surface area contributed by atoms with Crippen molar-refractivity contribution in [2.75, 3.05) is 5.32 Å². The van der Waals surface area contributed by atoms with Gasteiger partial charge in [-0.3, -0.25) is 14.8 Å². The molecule has 0 unspecified atom stereocenters. The first kappa shape index (κ1) is 15.1. The molecular weight excluding hydrogens is 292 g/mol. The largest absolute Gasteiger partial charge is 0.301 e. The van der Waals surface area contributed by atoms with Crippen LogP contribution in [0, 0.1) is 0 Å². The van der Waals surface area contributed by atoms with Crippen LogP contribution in [0.4, 0.5) is 5.13 Å². The van der Waals surface area contributed by atoms with Crippen LogP contribution in [0.3, 0.4) is 0 Å². The van der Waals surface area contributed by atoms with Gasteiger partial charge < -0.3 is 5.32 Å². The SMILES string of the molecule is O=C(CCCC(=O)Nc1nnc(-c2ccccc2)s1)NO. The summed E-state index contributed by atoms with van der Waals surface area (Å²) in [6.07, 6.45) is 0.617. The molecule has 3 N–H and O–H groups in total. The third-order valence-electron chi connectivity index (χ3n) is 2.62. The summed E-state index contributed by atoms with van der Waals surface area (Å²) in [5.74, 6) is -0.749. The van der Waals surface area contributed by atoms with Gasteiger partial charge in [-0.2, -0.15) is 0 Å². The van der Waals surface area contributed by atoms with Crippen molar-refractivity contribution in [1.82, 2.24) is 15.7 Å². The lowest BCUT2D eigenvalue weighted by molar-refractivity contribution is -0.129. The minimum Gasteiger partial charge on any atom is -0.301 e. The molecule has 8 heteroatoms. The van der Waals surface area contributed by atoms with Crippen molar-refractivity contribution in [3.05, 3.63) is 30.3 Å². The van der Waals surface area contributed by atoms with E-state index < -0.39 is 5.91 Å². The molecule has 1 heterocycles. The highest BCUT2D eigenvalue weighted by molar-refractivity contribution is 7.18. The Morgan fingerprint density at radius 2 is 1.81 bits per heavy atom. The summed E-state index contributed by atoms with van der Waals surface area (Å²) in [7, 11) is 0. The van der Waals surface area contributed by atoms with E-state index >= 15 is 0 Å². The molecule has 0 saturated carbocycles. The summed E-state index contributed by atoms with van der Waals surface area (Å²) in [5, 5.41) is 20.0. The lowest BCUT2D eigenvalue weighted by Gasteiger charge is -2.00. The van der Waals surface area contributed by atoms with Crippen LogP contribution in [0.15, 0.2) is 30.3 Å². The van der Waals surface area contributed by atoms with Crippen LogP contribution in [0.2, 0.25) is 0 Å². The second-order valence-electron chi connectivity index (χ2n) is 4.22. The number of nitrogens with one attached hydrogen (secondary N) is 2. The fourth-order valence-electron chi connectivity index (χ4n) is 1.62. The highest BCUT2D eigenvalue weighted by Gasteiger charge is 2.10. The molecule has 2 aromatic rings. The third kappa shape index (κ3) is 4.62. The minimum atomic E-state index is -0.509. The highest BCUT2D eigenvalue weighted by atomic mass is 32.1. The van der Waals surface area contributed by atoms with Gasteiger partial charge in [0.15, 0.2) is 0 Å². The van der Waals surface area contributed by atoms with Crippen LogP contribution in [-0.4, -0.2) is 27.2 Å². The maximum Gasteiger partial charge on any atom is 0.243 e. The Morgan fingerprint density at radius 3 is 2.52 bits per heavy atom. The number of hydroxylamine groups is 1. The van der Waals surface area contributed by atoms with Gasteiger partial charge in [0.05, 0.1) is 0 Å². The molecule has 0 aliphatic rings. The molecule has 0 radical (unpaired) electrons. The van der Waals surface area contributed by atoms with Gasteiger partial charge >= 0.3 is 0 Å². The Morgan fingerprint density at radius 1 is 1.10 bits per heavy atom. The minimum absolute atomic E-state index is 0.0926. The molecule has 1 aromatic carbocycles. The van der Waals surface area contributed by atoms with E-state index in [1.165, 1.54) is 16.8 Å². The molecule has 0 saturated heterocycles. The zero-order chi connectivity index (χ0) is 15.1. The van der Waals surface area contributed by atoms with Crippen molar-refractivity contribution in [3.8, 4) is 10.6 Å². The van der Waals surface area contributed by atoms with E-state index in [9.17, 15) is 9.59 Å². The van der Waals surface area contributed by atoms with Gasteiger partial charge in [-0.25, -0.2) is 5.48 Å². The van der Waals surface area contributed by atoms with E-state index in [0.29, 0.717) is 11.6 Å². The second-order valence-corrected chi connectivity index (χ2v) is 5.19.